The highest BCUT2D eigenvalue weighted by Gasteiger charge is 2.37. The van der Waals surface area contributed by atoms with E-state index >= 15 is 0 Å². The maximum absolute atomic E-state index is 5.73. The maximum atomic E-state index is 5.73. The molecule has 0 heterocycles. The SMILES string of the molecule is C#C[Si](CCC=C)(C(C)C)C(C)C. The Morgan fingerprint density at radius 1 is 1.31 bits per heavy atom. The molecule has 0 aliphatic rings. The van der Waals surface area contributed by atoms with Gasteiger partial charge in [-0.05, 0) is 23.5 Å². The maximum Gasteiger partial charge on any atom is 0.143 e. The molecule has 0 N–H and O–H groups in total. The fraction of sp³-hybridized carbons (Fsp3) is 0.667. The summed E-state index contributed by atoms with van der Waals surface area (Å²) in [5, 5.41) is 0. The van der Waals surface area contributed by atoms with Crippen molar-refractivity contribution in [2.75, 3.05) is 0 Å². The molecule has 0 aliphatic heterocycles. The van der Waals surface area contributed by atoms with E-state index < -0.39 is 8.07 Å². The molecule has 0 aromatic heterocycles. The van der Waals surface area contributed by atoms with E-state index in [4.69, 9.17) is 6.42 Å². The predicted octanol–water partition coefficient (Wildman–Crippen LogP) is 4.00. The number of hydrogen-bond acceptors (Lipinski definition) is 0. The Morgan fingerprint density at radius 3 is 2.00 bits per heavy atom. The zero-order chi connectivity index (χ0) is 10.5. The van der Waals surface area contributed by atoms with Crippen LogP contribution in [0.15, 0.2) is 12.7 Å². The molecule has 0 nitrogen and oxygen atoms in total. The van der Waals surface area contributed by atoms with Crippen LogP contribution in [-0.2, 0) is 0 Å². The summed E-state index contributed by atoms with van der Waals surface area (Å²) >= 11 is 0. The molecule has 0 unspecified atom stereocenters. The van der Waals surface area contributed by atoms with Gasteiger partial charge in [0.05, 0.1) is 0 Å². The minimum Gasteiger partial charge on any atom is -0.134 e. The molecule has 0 aliphatic carbocycles. The molecule has 0 saturated carbocycles. The average molecular weight is 194 g/mol. The molecule has 0 rings (SSSR count). The van der Waals surface area contributed by atoms with Gasteiger partial charge < -0.3 is 0 Å². The van der Waals surface area contributed by atoms with Crippen molar-refractivity contribution < 1.29 is 0 Å². The molecule has 0 fully saturated rings. The highest BCUT2D eigenvalue weighted by atomic mass is 28.3. The van der Waals surface area contributed by atoms with Crippen LogP contribution in [0.25, 0.3) is 0 Å². The van der Waals surface area contributed by atoms with Gasteiger partial charge in [0.15, 0.2) is 0 Å². The fourth-order valence-corrected chi connectivity index (χ4v) is 5.97. The van der Waals surface area contributed by atoms with Crippen molar-refractivity contribution in [2.45, 2.75) is 51.2 Å². The standard InChI is InChI=1S/C12H22Si/c1-7-9-10-13(8-2,11(3)4)12(5)6/h2,7,11-12H,1,9-10H2,3-6H3. The van der Waals surface area contributed by atoms with Crippen molar-refractivity contribution in [2.24, 2.45) is 0 Å². The zero-order valence-corrected chi connectivity index (χ0v) is 10.4. The van der Waals surface area contributed by atoms with Crippen LogP contribution in [-0.4, -0.2) is 8.07 Å². The van der Waals surface area contributed by atoms with Gasteiger partial charge in [0.1, 0.15) is 8.07 Å². The first-order chi connectivity index (χ1) is 6.01. The first-order valence-electron chi connectivity index (χ1n) is 5.10. The van der Waals surface area contributed by atoms with Gasteiger partial charge in [-0.15, -0.1) is 18.5 Å². The Hall–Kier alpha value is -0.483. The molecule has 74 valence electrons. The van der Waals surface area contributed by atoms with Crippen molar-refractivity contribution in [3.63, 3.8) is 0 Å². The second-order valence-corrected chi connectivity index (χ2v) is 9.50. The third-order valence-electron chi connectivity index (χ3n) is 3.09. The van der Waals surface area contributed by atoms with Crippen molar-refractivity contribution in [3.8, 4) is 12.0 Å². The third-order valence-corrected chi connectivity index (χ3v) is 8.87. The van der Waals surface area contributed by atoms with Gasteiger partial charge in [-0.1, -0.05) is 33.8 Å². The summed E-state index contributed by atoms with van der Waals surface area (Å²) in [6.45, 7) is 12.9. The van der Waals surface area contributed by atoms with Crippen LogP contribution in [0.4, 0.5) is 0 Å². The third kappa shape index (κ3) is 2.74. The van der Waals surface area contributed by atoms with Gasteiger partial charge in [0.2, 0.25) is 0 Å². The summed E-state index contributed by atoms with van der Waals surface area (Å²) in [6, 6.07) is 1.20. The zero-order valence-electron chi connectivity index (χ0n) is 9.43. The van der Waals surface area contributed by atoms with Gasteiger partial charge >= 0.3 is 0 Å². The van der Waals surface area contributed by atoms with Crippen LogP contribution in [0, 0.1) is 12.0 Å². The first-order valence-corrected chi connectivity index (χ1v) is 7.46. The topological polar surface area (TPSA) is 0 Å². The van der Waals surface area contributed by atoms with Gasteiger partial charge in [-0.3, -0.25) is 0 Å². The molecular weight excluding hydrogens is 172 g/mol. The molecule has 0 aromatic carbocycles. The van der Waals surface area contributed by atoms with Crippen LogP contribution in [0.2, 0.25) is 17.1 Å². The van der Waals surface area contributed by atoms with Crippen molar-refractivity contribution in [1.29, 1.82) is 0 Å². The summed E-state index contributed by atoms with van der Waals surface area (Å²) in [4.78, 5) is 0. The largest absolute Gasteiger partial charge is 0.143 e. The lowest BCUT2D eigenvalue weighted by Gasteiger charge is -2.33. The van der Waals surface area contributed by atoms with E-state index in [1.165, 1.54) is 6.04 Å². The Kier molecular flexibility index (Phi) is 5.09. The Balaban J connectivity index is 4.68. The minimum atomic E-state index is -1.49. The summed E-state index contributed by atoms with van der Waals surface area (Å²) < 4.78 is 0. The van der Waals surface area contributed by atoms with Gasteiger partial charge in [0.25, 0.3) is 0 Å². The summed E-state index contributed by atoms with van der Waals surface area (Å²) in [5.74, 6) is 0. The van der Waals surface area contributed by atoms with Crippen LogP contribution < -0.4 is 0 Å². The van der Waals surface area contributed by atoms with Gasteiger partial charge in [-0.2, -0.15) is 0 Å². The predicted molar refractivity (Wildman–Crippen MR) is 64.4 cm³/mol. The Morgan fingerprint density at radius 2 is 1.77 bits per heavy atom. The number of allylic oxidation sites excluding steroid dienone is 1. The molecule has 0 spiro atoms. The van der Waals surface area contributed by atoms with Crippen LogP contribution in [0.1, 0.15) is 34.1 Å². The molecule has 0 aromatic rings. The van der Waals surface area contributed by atoms with Crippen LogP contribution >= 0.6 is 0 Å². The summed E-state index contributed by atoms with van der Waals surface area (Å²) in [5.41, 5.74) is 4.50. The summed E-state index contributed by atoms with van der Waals surface area (Å²) in [6.07, 6.45) is 8.79. The van der Waals surface area contributed by atoms with Gasteiger partial charge in [-0.25, -0.2) is 0 Å². The van der Waals surface area contributed by atoms with Crippen LogP contribution in [0.3, 0.4) is 0 Å². The number of hydrogen-bond donors (Lipinski definition) is 0. The smallest absolute Gasteiger partial charge is 0.134 e. The van der Waals surface area contributed by atoms with E-state index in [0.717, 1.165) is 6.42 Å². The number of terminal acetylenes is 1. The van der Waals surface area contributed by atoms with E-state index in [1.54, 1.807) is 0 Å². The molecule has 13 heavy (non-hydrogen) atoms. The lowest BCUT2D eigenvalue weighted by Crippen LogP contribution is -2.39. The second-order valence-electron chi connectivity index (χ2n) is 4.32. The highest BCUT2D eigenvalue weighted by Crippen LogP contribution is 2.36. The fourth-order valence-electron chi connectivity index (χ4n) is 1.99. The van der Waals surface area contributed by atoms with Crippen molar-refractivity contribution in [1.82, 2.24) is 0 Å². The molecule has 1 heteroatoms. The highest BCUT2D eigenvalue weighted by molar-refractivity contribution is 6.89. The Bertz CT molecular complexity index is 188. The monoisotopic (exact) mass is 194 g/mol. The van der Waals surface area contributed by atoms with E-state index in [1.807, 2.05) is 6.08 Å². The van der Waals surface area contributed by atoms with Crippen molar-refractivity contribution >= 4 is 8.07 Å². The molecule has 0 radical (unpaired) electrons. The summed E-state index contributed by atoms with van der Waals surface area (Å²) in [7, 11) is -1.49. The molecule has 0 amide bonds. The van der Waals surface area contributed by atoms with E-state index in [-0.39, 0.29) is 0 Å². The van der Waals surface area contributed by atoms with Crippen molar-refractivity contribution in [3.05, 3.63) is 12.7 Å². The Labute approximate surface area is 84.4 Å². The second kappa shape index (κ2) is 5.29. The average Bonchev–Trinajstić information content (AvgIpc) is 2.05. The lowest BCUT2D eigenvalue weighted by molar-refractivity contribution is 0.886. The van der Waals surface area contributed by atoms with Gasteiger partial charge in [0, 0.05) is 0 Å². The van der Waals surface area contributed by atoms with E-state index in [0.29, 0.717) is 11.1 Å². The minimum absolute atomic E-state index is 0.678. The molecular formula is C12H22Si. The molecule has 0 bridgehead atoms. The normalized spacial score (nSPS) is 11.8. The lowest BCUT2D eigenvalue weighted by atomic mass is 10.5. The van der Waals surface area contributed by atoms with Crippen LogP contribution in [0.5, 0.6) is 0 Å². The number of rotatable bonds is 5. The van der Waals surface area contributed by atoms with E-state index in [9.17, 15) is 0 Å². The molecule has 0 atom stereocenters. The van der Waals surface area contributed by atoms with E-state index in [2.05, 4.69) is 39.8 Å². The molecule has 0 saturated heterocycles. The first kappa shape index (κ1) is 12.5. The quantitative estimate of drug-likeness (QED) is 0.352.